The fourth-order valence-electron chi connectivity index (χ4n) is 3.13. The van der Waals surface area contributed by atoms with E-state index in [1.807, 2.05) is 6.92 Å². The summed E-state index contributed by atoms with van der Waals surface area (Å²) in [5.74, 6) is -0.353. The number of piperidine rings is 1. The number of likely N-dealkylation sites (tertiary alicyclic amines) is 1. The smallest absolute Gasteiger partial charge is 0.223 e. The molecule has 1 atom stereocenters. The zero-order chi connectivity index (χ0) is 15.7. The summed E-state index contributed by atoms with van der Waals surface area (Å²) in [6.45, 7) is 3.47. The lowest BCUT2D eigenvalue weighted by molar-refractivity contribution is -0.123. The summed E-state index contributed by atoms with van der Waals surface area (Å²) in [7, 11) is 0. The second-order valence-electron chi connectivity index (χ2n) is 6.43. The van der Waals surface area contributed by atoms with Crippen molar-refractivity contribution < 1.29 is 13.6 Å². The zero-order valence-electron chi connectivity index (χ0n) is 12.8. The normalized spacial score (nSPS) is 21.6. The van der Waals surface area contributed by atoms with E-state index in [1.54, 1.807) is 0 Å². The van der Waals surface area contributed by atoms with Crippen LogP contribution in [0.15, 0.2) is 18.2 Å². The second kappa shape index (κ2) is 6.32. The molecule has 1 aliphatic heterocycles. The minimum Gasteiger partial charge on any atom is -0.353 e. The Bertz CT molecular complexity index is 552. The highest BCUT2D eigenvalue weighted by Crippen LogP contribution is 2.30. The van der Waals surface area contributed by atoms with E-state index in [9.17, 15) is 13.6 Å². The quantitative estimate of drug-likeness (QED) is 0.927. The van der Waals surface area contributed by atoms with Crippen molar-refractivity contribution >= 4 is 5.91 Å². The van der Waals surface area contributed by atoms with Crippen molar-refractivity contribution in [2.24, 2.45) is 5.92 Å². The lowest BCUT2D eigenvalue weighted by Gasteiger charge is -2.36. The molecule has 3 nitrogen and oxygen atoms in total. The molecule has 22 heavy (non-hydrogen) atoms. The van der Waals surface area contributed by atoms with Gasteiger partial charge in [0.1, 0.15) is 11.6 Å². The maximum atomic E-state index is 13.9. The minimum absolute atomic E-state index is 0.157. The van der Waals surface area contributed by atoms with E-state index in [-0.39, 0.29) is 29.7 Å². The largest absolute Gasteiger partial charge is 0.353 e. The first-order valence-corrected chi connectivity index (χ1v) is 8.04. The van der Waals surface area contributed by atoms with Crippen molar-refractivity contribution in [3.8, 4) is 0 Å². The van der Waals surface area contributed by atoms with Crippen LogP contribution in [0, 0.1) is 17.6 Å². The van der Waals surface area contributed by atoms with Gasteiger partial charge in [0, 0.05) is 36.7 Å². The highest BCUT2D eigenvalue weighted by atomic mass is 19.1. The molecule has 0 spiro atoms. The number of halogens is 2. The minimum atomic E-state index is -0.408. The number of benzene rings is 1. The Morgan fingerprint density at radius 2 is 1.91 bits per heavy atom. The number of rotatable bonds is 4. The lowest BCUT2D eigenvalue weighted by atomic mass is 9.99. The molecule has 1 N–H and O–H groups in total. The molecule has 1 aromatic carbocycles. The number of carbonyl (C=O) groups is 1. The molecule has 5 heteroatoms. The number of hydrogen-bond acceptors (Lipinski definition) is 2. The maximum Gasteiger partial charge on any atom is 0.223 e. The van der Waals surface area contributed by atoms with Crippen LogP contribution in [0.5, 0.6) is 0 Å². The molecule has 0 bridgehead atoms. The molecule has 1 heterocycles. The van der Waals surface area contributed by atoms with Gasteiger partial charge in [0.15, 0.2) is 0 Å². The predicted molar refractivity (Wildman–Crippen MR) is 80.2 cm³/mol. The van der Waals surface area contributed by atoms with Gasteiger partial charge >= 0.3 is 0 Å². The van der Waals surface area contributed by atoms with Gasteiger partial charge in [0.05, 0.1) is 0 Å². The van der Waals surface area contributed by atoms with Crippen LogP contribution in [0.4, 0.5) is 8.78 Å². The van der Waals surface area contributed by atoms with E-state index < -0.39 is 5.82 Å². The predicted octanol–water partition coefficient (Wildman–Crippen LogP) is 3.02. The van der Waals surface area contributed by atoms with Gasteiger partial charge in [0.25, 0.3) is 0 Å². The average molecular weight is 308 g/mol. The topological polar surface area (TPSA) is 32.3 Å². The Morgan fingerprint density at radius 1 is 1.23 bits per heavy atom. The Labute approximate surface area is 129 Å². The molecule has 2 fully saturated rings. The molecule has 1 saturated carbocycles. The van der Waals surface area contributed by atoms with Crippen LogP contribution < -0.4 is 5.32 Å². The molecule has 1 amide bonds. The van der Waals surface area contributed by atoms with E-state index in [1.165, 1.54) is 12.1 Å². The molecule has 0 aromatic heterocycles. The van der Waals surface area contributed by atoms with E-state index in [0.29, 0.717) is 5.56 Å². The Morgan fingerprint density at radius 3 is 2.55 bits per heavy atom. The van der Waals surface area contributed by atoms with Crippen LogP contribution >= 0.6 is 0 Å². The van der Waals surface area contributed by atoms with Crippen LogP contribution in [-0.4, -0.2) is 29.9 Å². The molecule has 1 saturated heterocycles. The standard InChI is InChI=1S/C17H22F2N2O/c1-11(15-10-13(18)4-5-16(15)19)21-8-6-14(7-9-21)20-17(22)12-2-3-12/h4-5,10-12,14H,2-3,6-9H2,1H3,(H,20,22). The third-order valence-corrected chi connectivity index (χ3v) is 4.78. The van der Waals surface area contributed by atoms with Crippen molar-refractivity contribution in [2.75, 3.05) is 13.1 Å². The van der Waals surface area contributed by atoms with E-state index in [2.05, 4.69) is 10.2 Å². The van der Waals surface area contributed by atoms with Gasteiger partial charge in [-0.3, -0.25) is 9.69 Å². The first-order valence-electron chi connectivity index (χ1n) is 8.04. The van der Waals surface area contributed by atoms with Crippen LogP contribution in [0.1, 0.15) is 44.2 Å². The first kappa shape index (κ1) is 15.4. The van der Waals surface area contributed by atoms with E-state index >= 15 is 0 Å². The first-order chi connectivity index (χ1) is 10.5. The molecule has 0 radical (unpaired) electrons. The molecule has 2 aliphatic rings. The van der Waals surface area contributed by atoms with Gasteiger partial charge in [-0.25, -0.2) is 8.78 Å². The number of hydrogen-bond donors (Lipinski definition) is 1. The fraction of sp³-hybridized carbons (Fsp3) is 0.588. The van der Waals surface area contributed by atoms with Gasteiger partial charge in [0.2, 0.25) is 5.91 Å². The zero-order valence-corrected chi connectivity index (χ0v) is 12.8. The molecular weight excluding hydrogens is 286 g/mol. The van der Waals surface area contributed by atoms with E-state index in [4.69, 9.17) is 0 Å². The van der Waals surface area contributed by atoms with Crippen LogP contribution in [-0.2, 0) is 4.79 Å². The summed E-state index contributed by atoms with van der Waals surface area (Å²) in [4.78, 5) is 13.9. The summed E-state index contributed by atoms with van der Waals surface area (Å²) in [5.41, 5.74) is 0.403. The number of nitrogens with zero attached hydrogens (tertiary/aromatic N) is 1. The third-order valence-electron chi connectivity index (χ3n) is 4.78. The fourth-order valence-corrected chi connectivity index (χ4v) is 3.13. The second-order valence-corrected chi connectivity index (χ2v) is 6.43. The van der Waals surface area contributed by atoms with Crippen molar-refractivity contribution in [2.45, 2.75) is 44.7 Å². The molecule has 120 valence electrons. The van der Waals surface area contributed by atoms with Gasteiger partial charge in [-0.15, -0.1) is 0 Å². The number of nitrogens with one attached hydrogen (secondary N) is 1. The van der Waals surface area contributed by atoms with Crippen LogP contribution in [0.25, 0.3) is 0 Å². The molecule has 1 aromatic rings. The number of carbonyl (C=O) groups excluding carboxylic acids is 1. The van der Waals surface area contributed by atoms with Crippen LogP contribution in [0.2, 0.25) is 0 Å². The third kappa shape index (κ3) is 3.46. The molecular formula is C17H22F2N2O. The highest BCUT2D eigenvalue weighted by molar-refractivity contribution is 5.81. The monoisotopic (exact) mass is 308 g/mol. The summed E-state index contributed by atoms with van der Waals surface area (Å²) in [6, 6.07) is 3.67. The molecule has 1 aliphatic carbocycles. The van der Waals surface area contributed by atoms with Crippen molar-refractivity contribution in [3.05, 3.63) is 35.4 Å². The highest BCUT2D eigenvalue weighted by Gasteiger charge is 2.32. The maximum absolute atomic E-state index is 13.9. The van der Waals surface area contributed by atoms with E-state index in [0.717, 1.165) is 44.8 Å². The van der Waals surface area contributed by atoms with Gasteiger partial charge in [-0.2, -0.15) is 0 Å². The Kier molecular flexibility index (Phi) is 4.43. The van der Waals surface area contributed by atoms with Gasteiger partial charge in [-0.1, -0.05) is 0 Å². The summed E-state index contributed by atoms with van der Waals surface area (Å²) in [5, 5.41) is 3.10. The molecule has 3 rings (SSSR count). The Balaban J connectivity index is 1.56. The van der Waals surface area contributed by atoms with Crippen molar-refractivity contribution in [1.29, 1.82) is 0 Å². The average Bonchev–Trinajstić information content (AvgIpc) is 3.34. The lowest BCUT2D eigenvalue weighted by Crippen LogP contribution is -2.45. The van der Waals surface area contributed by atoms with Gasteiger partial charge < -0.3 is 5.32 Å². The van der Waals surface area contributed by atoms with Gasteiger partial charge in [-0.05, 0) is 50.8 Å². The summed E-state index contributed by atoms with van der Waals surface area (Å²) >= 11 is 0. The number of amides is 1. The van der Waals surface area contributed by atoms with Crippen molar-refractivity contribution in [1.82, 2.24) is 10.2 Å². The van der Waals surface area contributed by atoms with Crippen molar-refractivity contribution in [3.63, 3.8) is 0 Å². The molecule has 1 unspecified atom stereocenters. The summed E-state index contributed by atoms with van der Waals surface area (Å²) in [6.07, 6.45) is 3.75. The Hall–Kier alpha value is -1.49. The van der Waals surface area contributed by atoms with Crippen LogP contribution in [0.3, 0.4) is 0 Å². The summed E-state index contributed by atoms with van der Waals surface area (Å²) < 4.78 is 27.2. The SMILES string of the molecule is CC(c1cc(F)ccc1F)N1CCC(NC(=O)C2CC2)CC1.